The maximum absolute atomic E-state index is 12.2. The number of hydrogen-bond acceptors (Lipinski definition) is 4. The van der Waals surface area contributed by atoms with E-state index in [1.165, 1.54) is 12.1 Å². The van der Waals surface area contributed by atoms with Gasteiger partial charge in [-0.15, -0.1) is 11.3 Å². The number of carbonyl (C=O) groups is 1. The molecule has 7 heteroatoms. The van der Waals surface area contributed by atoms with Crippen LogP contribution in [0.15, 0.2) is 12.1 Å². The highest BCUT2D eigenvalue weighted by Gasteiger charge is 2.17. The summed E-state index contributed by atoms with van der Waals surface area (Å²) in [6, 6.07) is 2.85. The van der Waals surface area contributed by atoms with Crippen molar-refractivity contribution >= 4 is 40.4 Å². The SMILES string of the molecule is Cc1nc(C)c(C(C)NC(=O)c2cc(Cl)nc(Cl)c2)s1. The standard InChI is InChI=1S/C13H13Cl2N3OS/c1-6-12(20-8(3)16-6)7(2)17-13(19)9-4-10(14)18-11(15)5-9/h4-5,7H,1-3H3,(H,17,19). The molecule has 0 bridgehead atoms. The first-order valence-corrected chi connectivity index (χ1v) is 7.52. The van der Waals surface area contributed by atoms with E-state index in [2.05, 4.69) is 15.3 Å². The minimum absolute atomic E-state index is 0.126. The topological polar surface area (TPSA) is 54.9 Å². The van der Waals surface area contributed by atoms with E-state index >= 15 is 0 Å². The van der Waals surface area contributed by atoms with Crippen molar-refractivity contribution in [3.8, 4) is 0 Å². The number of rotatable bonds is 3. The summed E-state index contributed by atoms with van der Waals surface area (Å²) in [5.74, 6) is -0.242. The van der Waals surface area contributed by atoms with Gasteiger partial charge in [0.05, 0.1) is 16.7 Å². The third kappa shape index (κ3) is 3.48. The number of aryl methyl sites for hydroxylation is 2. The second-order valence-corrected chi connectivity index (χ2v) is 6.39. The number of pyridine rings is 1. The minimum atomic E-state index is -0.242. The monoisotopic (exact) mass is 329 g/mol. The van der Waals surface area contributed by atoms with Crippen LogP contribution >= 0.6 is 34.5 Å². The zero-order valence-corrected chi connectivity index (χ0v) is 13.5. The summed E-state index contributed by atoms with van der Waals surface area (Å²) in [5.41, 5.74) is 1.33. The summed E-state index contributed by atoms with van der Waals surface area (Å²) in [6.07, 6.45) is 0. The second kappa shape index (κ2) is 6.08. The molecule has 0 saturated heterocycles. The van der Waals surface area contributed by atoms with Gasteiger partial charge in [0, 0.05) is 10.4 Å². The molecule has 0 aliphatic heterocycles. The molecule has 106 valence electrons. The van der Waals surface area contributed by atoms with E-state index in [0.717, 1.165) is 15.6 Å². The molecule has 1 amide bonds. The van der Waals surface area contributed by atoms with Gasteiger partial charge in [0.25, 0.3) is 5.91 Å². The largest absolute Gasteiger partial charge is 0.345 e. The highest BCUT2D eigenvalue weighted by molar-refractivity contribution is 7.11. The van der Waals surface area contributed by atoms with Gasteiger partial charge in [0.1, 0.15) is 10.3 Å². The van der Waals surface area contributed by atoms with E-state index in [4.69, 9.17) is 23.2 Å². The molecule has 20 heavy (non-hydrogen) atoms. The summed E-state index contributed by atoms with van der Waals surface area (Å²) in [4.78, 5) is 21.4. The molecule has 0 aliphatic rings. The average Bonchev–Trinajstić information content (AvgIpc) is 2.67. The third-order valence-electron chi connectivity index (χ3n) is 2.71. The summed E-state index contributed by atoms with van der Waals surface area (Å²) >= 11 is 13.2. The van der Waals surface area contributed by atoms with Crippen LogP contribution in [0.1, 0.15) is 38.9 Å². The van der Waals surface area contributed by atoms with Crippen LogP contribution in [0.4, 0.5) is 0 Å². The fraction of sp³-hybridized carbons (Fsp3) is 0.308. The van der Waals surface area contributed by atoms with E-state index in [-0.39, 0.29) is 22.3 Å². The second-order valence-electron chi connectivity index (χ2n) is 4.38. The molecule has 1 unspecified atom stereocenters. The number of thiazole rings is 1. The molecule has 2 aromatic rings. The zero-order chi connectivity index (χ0) is 14.9. The van der Waals surface area contributed by atoms with E-state index in [0.29, 0.717) is 5.56 Å². The molecular weight excluding hydrogens is 317 g/mol. The lowest BCUT2D eigenvalue weighted by atomic mass is 10.2. The van der Waals surface area contributed by atoms with Gasteiger partial charge in [0.2, 0.25) is 0 Å². The highest BCUT2D eigenvalue weighted by Crippen LogP contribution is 2.25. The molecule has 1 N–H and O–H groups in total. The number of nitrogens with zero attached hydrogens (tertiary/aromatic N) is 2. The Bertz CT molecular complexity index is 637. The smallest absolute Gasteiger partial charge is 0.252 e. The molecule has 2 aromatic heterocycles. The van der Waals surface area contributed by atoms with Crippen molar-refractivity contribution in [3.05, 3.63) is 43.6 Å². The first kappa shape index (κ1) is 15.2. The van der Waals surface area contributed by atoms with E-state index < -0.39 is 0 Å². The summed E-state index contributed by atoms with van der Waals surface area (Å²) < 4.78 is 0. The van der Waals surface area contributed by atoms with Crippen LogP contribution < -0.4 is 5.32 Å². The van der Waals surface area contributed by atoms with Crippen LogP contribution in [0, 0.1) is 13.8 Å². The summed E-state index contributed by atoms with van der Waals surface area (Å²) in [6.45, 7) is 5.79. The molecule has 0 spiro atoms. The quantitative estimate of drug-likeness (QED) is 0.867. The molecule has 0 fully saturated rings. The number of nitrogens with one attached hydrogen (secondary N) is 1. The maximum Gasteiger partial charge on any atom is 0.252 e. The molecule has 0 aromatic carbocycles. The average molecular weight is 330 g/mol. The molecular formula is C13H13Cl2N3OS. The summed E-state index contributed by atoms with van der Waals surface area (Å²) in [7, 11) is 0. The Morgan fingerprint density at radius 1 is 1.25 bits per heavy atom. The van der Waals surface area contributed by atoms with Gasteiger partial charge in [-0.05, 0) is 32.9 Å². The zero-order valence-electron chi connectivity index (χ0n) is 11.2. The fourth-order valence-corrected chi connectivity index (χ4v) is 3.28. The van der Waals surface area contributed by atoms with Crippen molar-refractivity contribution in [2.75, 3.05) is 0 Å². The van der Waals surface area contributed by atoms with E-state index in [1.807, 2.05) is 20.8 Å². The molecule has 0 saturated carbocycles. The number of halogens is 2. The van der Waals surface area contributed by atoms with E-state index in [1.54, 1.807) is 11.3 Å². The molecule has 0 aliphatic carbocycles. The van der Waals surface area contributed by atoms with Crippen molar-refractivity contribution in [2.45, 2.75) is 26.8 Å². The van der Waals surface area contributed by atoms with Crippen molar-refractivity contribution < 1.29 is 4.79 Å². The van der Waals surface area contributed by atoms with E-state index in [9.17, 15) is 4.79 Å². The molecule has 0 radical (unpaired) electrons. The normalized spacial score (nSPS) is 12.2. The molecule has 2 rings (SSSR count). The number of aromatic nitrogens is 2. The van der Waals surface area contributed by atoms with Gasteiger partial charge in [0.15, 0.2) is 0 Å². The van der Waals surface area contributed by atoms with Crippen molar-refractivity contribution in [2.24, 2.45) is 0 Å². The van der Waals surface area contributed by atoms with Crippen molar-refractivity contribution in [3.63, 3.8) is 0 Å². The number of amides is 1. The fourth-order valence-electron chi connectivity index (χ4n) is 1.89. The Balaban J connectivity index is 2.17. The van der Waals surface area contributed by atoms with Crippen LogP contribution in [-0.4, -0.2) is 15.9 Å². The van der Waals surface area contributed by atoms with Gasteiger partial charge in [-0.25, -0.2) is 9.97 Å². The first-order valence-electron chi connectivity index (χ1n) is 5.94. The van der Waals surface area contributed by atoms with Crippen LogP contribution in [0.25, 0.3) is 0 Å². The predicted octanol–water partition coefficient (Wildman–Crippen LogP) is 3.95. The predicted molar refractivity (Wildman–Crippen MR) is 81.7 cm³/mol. The Kier molecular flexibility index (Phi) is 4.62. The lowest BCUT2D eigenvalue weighted by molar-refractivity contribution is 0.0940. The number of carbonyl (C=O) groups excluding carboxylic acids is 1. The molecule has 2 heterocycles. The highest BCUT2D eigenvalue weighted by atomic mass is 35.5. The Morgan fingerprint density at radius 2 is 1.85 bits per heavy atom. The lowest BCUT2D eigenvalue weighted by Gasteiger charge is -2.13. The maximum atomic E-state index is 12.2. The van der Waals surface area contributed by atoms with Crippen molar-refractivity contribution in [1.29, 1.82) is 0 Å². The van der Waals surface area contributed by atoms with Crippen LogP contribution in [0.2, 0.25) is 10.3 Å². The van der Waals surface area contributed by atoms with Gasteiger partial charge in [-0.2, -0.15) is 0 Å². The summed E-state index contributed by atoms with van der Waals surface area (Å²) in [5, 5.41) is 4.28. The Labute approximate surface area is 131 Å². The van der Waals surface area contributed by atoms with Crippen LogP contribution in [-0.2, 0) is 0 Å². The van der Waals surface area contributed by atoms with Gasteiger partial charge in [-0.3, -0.25) is 4.79 Å². The number of hydrogen-bond donors (Lipinski definition) is 1. The lowest BCUT2D eigenvalue weighted by Crippen LogP contribution is -2.26. The van der Waals surface area contributed by atoms with Gasteiger partial charge in [-0.1, -0.05) is 23.2 Å². The Hall–Kier alpha value is -1.17. The minimum Gasteiger partial charge on any atom is -0.345 e. The third-order valence-corrected chi connectivity index (χ3v) is 4.35. The van der Waals surface area contributed by atoms with Crippen molar-refractivity contribution in [1.82, 2.24) is 15.3 Å². The Morgan fingerprint density at radius 3 is 2.35 bits per heavy atom. The molecule has 1 atom stereocenters. The van der Waals surface area contributed by atoms with Gasteiger partial charge >= 0.3 is 0 Å². The molecule has 4 nitrogen and oxygen atoms in total. The van der Waals surface area contributed by atoms with Gasteiger partial charge < -0.3 is 5.32 Å². The van der Waals surface area contributed by atoms with Crippen LogP contribution in [0.3, 0.4) is 0 Å². The first-order chi connectivity index (χ1) is 9.36. The van der Waals surface area contributed by atoms with Crippen LogP contribution in [0.5, 0.6) is 0 Å².